The lowest BCUT2D eigenvalue weighted by Crippen LogP contribution is -2.42. The second kappa shape index (κ2) is 6.73. The Balaban J connectivity index is 1.53. The third-order valence-corrected chi connectivity index (χ3v) is 4.75. The fraction of sp³-hybridized carbons (Fsp3) is 0.267. The van der Waals surface area contributed by atoms with E-state index in [9.17, 15) is 13.2 Å². The maximum Gasteiger partial charge on any atom is 0.238 e. The van der Waals surface area contributed by atoms with Crippen LogP contribution in [0.2, 0.25) is 0 Å². The molecule has 1 aliphatic heterocycles. The van der Waals surface area contributed by atoms with Crippen LogP contribution in [0.1, 0.15) is 23.8 Å². The molecule has 0 bridgehead atoms. The van der Waals surface area contributed by atoms with E-state index in [-0.39, 0.29) is 22.9 Å². The van der Waals surface area contributed by atoms with Gasteiger partial charge in [-0.25, -0.2) is 24.4 Å². The molecule has 1 amide bonds. The zero-order valence-electron chi connectivity index (χ0n) is 12.7. The first kappa shape index (κ1) is 16.7. The Morgan fingerprint density at radius 2 is 2.00 bits per heavy atom. The Morgan fingerprint density at radius 3 is 2.62 bits per heavy atom. The first-order valence-corrected chi connectivity index (χ1v) is 8.92. The van der Waals surface area contributed by atoms with Crippen molar-refractivity contribution in [2.24, 2.45) is 5.14 Å². The summed E-state index contributed by atoms with van der Waals surface area (Å²) in [6, 6.07) is 9.30. The predicted octanol–water partition coefficient (Wildman–Crippen LogP) is 0.151. The zero-order valence-corrected chi connectivity index (χ0v) is 13.5. The summed E-state index contributed by atoms with van der Waals surface area (Å²) in [5.74, 6) is 0.628. The van der Waals surface area contributed by atoms with Gasteiger partial charge in [0.15, 0.2) is 0 Å². The van der Waals surface area contributed by atoms with Crippen LogP contribution in [0.25, 0.3) is 0 Å². The average molecular weight is 350 g/mol. The van der Waals surface area contributed by atoms with Crippen LogP contribution >= 0.6 is 0 Å². The summed E-state index contributed by atoms with van der Waals surface area (Å²) in [4.78, 5) is 12.2. The summed E-state index contributed by atoms with van der Waals surface area (Å²) in [5, 5.41) is 7.86. The first-order chi connectivity index (χ1) is 11.4. The second-order valence-corrected chi connectivity index (χ2v) is 7.11. The number of nitrogens with one attached hydrogen (secondary N) is 3. The van der Waals surface area contributed by atoms with Crippen molar-refractivity contribution in [2.75, 3.05) is 0 Å². The number of hydrogen-bond donors (Lipinski definition) is 4. The van der Waals surface area contributed by atoms with E-state index in [2.05, 4.69) is 16.2 Å². The number of primary sulfonamides is 1. The van der Waals surface area contributed by atoms with Gasteiger partial charge in [-0.05, 0) is 36.2 Å². The molecular formula is C15H18N4O4S. The fourth-order valence-electron chi connectivity index (χ4n) is 2.51. The van der Waals surface area contributed by atoms with E-state index >= 15 is 0 Å². The molecule has 1 aromatic carbocycles. The van der Waals surface area contributed by atoms with Gasteiger partial charge in [-0.3, -0.25) is 4.79 Å². The molecule has 24 heavy (non-hydrogen) atoms. The van der Waals surface area contributed by atoms with Gasteiger partial charge in [0.05, 0.1) is 17.2 Å². The van der Waals surface area contributed by atoms with Gasteiger partial charge >= 0.3 is 0 Å². The van der Waals surface area contributed by atoms with E-state index in [0.717, 1.165) is 11.3 Å². The lowest BCUT2D eigenvalue weighted by Gasteiger charge is -2.10. The minimum Gasteiger partial charge on any atom is -0.468 e. The Kier molecular flexibility index (Phi) is 4.67. The lowest BCUT2D eigenvalue weighted by atomic mass is 10.1. The fourth-order valence-corrected chi connectivity index (χ4v) is 3.03. The van der Waals surface area contributed by atoms with Crippen molar-refractivity contribution >= 4 is 15.9 Å². The highest BCUT2D eigenvalue weighted by Gasteiger charge is 2.31. The van der Waals surface area contributed by atoms with E-state index in [1.54, 1.807) is 24.5 Å². The maximum atomic E-state index is 12.2. The molecule has 128 valence electrons. The third-order valence-electron chi connectivity index (χ3n) is 3.82. The summed E-state index contributed by atoms with van der Waals surface area (Å²) >= 11 is 0. The number of furan rings is 1. The molecule has 2 aromatic rings. The minimum atomic E-state index is -3.71. The van der Waals surface area contributed by atoms with Crippen LogP contribution in [0.15, 0.2) is 52.0 Å². The van der Waals surface area contributed by atoms with Crippen molar-refractivity contribution in [3.63, 3.8) is 0 Å². The number of benzene rings is 1. The van der Waals surface area contributed by atoms with Crippen molar-refractivity contribution < 1.29 is 17.6 Å². The second-order valence-electron chi connectivity index (χ2n) is 5.55. The van der Waals surface area contributed by atoms with Crippen LogP contribution < -0.4 is 21.3 Å². The minimum absolute atomic E-state index is 0.0422. The number of sulfonamides is 1. The number of carbonyl (C=O) groups is 1. The van der Waals surface area contributed by atoms with Gasteiger partial charge in [0.2, 0.25) is 15.9 Å². The summed E-state index contributed by atoms with van der Waals surface area (Å²) in [5.41, 5.74) is 6.75. The van der Waals surface area contributed by atoms with Crippen molar-refractivity contribution in [1.82, 2.24) is 16.2 Å². The summed E-state index contributed by atoms with van der Waals surface area (Å²) in [6.07, 6.45) is 2.17. The quantitative estimate of drug-likeness (QED) is 0.608. The van der Waals surface area contributed by atoms with Crippen molar-refractivity contribution in [3.8, 4) is 0 Å². The molecular weight excluding hydrogens is 332 g/mol. The molecule has 5 N–H and O–H groups in total. The Hall–Kier alpha value is -2.20. The van der Waals surface area contributed by atoms with Gasteiger partial charge in [0.1, 0.15) is 11.8 Å². The Morgan fingerprint density at radius 1 is 1.25 bits per heavy atom. The van der Waals surface area contributed by atoms with Gasteiger partial charge in [-0.15, -0.1) is 0 Å². The van der Waals surface area contributed by atoms with E-state index in [1.165, 1.54) is 12.1 Å². The Bertz CT molecular complexity index is 803. The SMILES string of the molecule is NS(=O)(=O)c1ccc(CNC(=O)C2CC(c3ccco3)NN2)cc1. The summed E-state index contributed by atoms with van der Waals surface area (Å²) in [7, 11) is -3.71. The van der Waals surface area contributed by atoms with Crippen molar-refractivity contribution in [2.45, 2.75) is 29.9 Å². The molecule has 0 saturated carbocycles. The van der Waals surface area contributed by atoms with Crippen LogP contribution in [0, 0.1) is 0 Å². The molecule has 0 spiro atoms. The number of amides is 1. The number of nitrogens with two attached hydrogens (primary N) is 1. The highest BCUT2D eigenvalue weighted by molar-refractivity contribution is 7.89. The number of carbonyl (C=O) groups excluding carboxylic acids is 1. The molecule has 9 heteroatoms. The molecule has 2 heterocycles. The summed E-state index contributed by atoms with van der Waals surface area (Å²) < 4.78 is 27.7. The smallest absolute Gasteiger partial charge is 0.238 e. The number of hydrogen-bond acceptors (Lipinski definition) is 6. The molecule has 1 fully saturated rings. The number of hydrazine groups is 1. The zero-order chi connectivity index (χ0) is 17.2. The topological polar surface area (TPSA) is 126 Å². The highest BCUT2D eigenvalue weighted by atomic mass is 32.2. The standard InChI is InChI=1S/C15H18N4O4S/c16-24(21,22)11-5-3-10(4-6-11)9-17-15(20)13-8-12(18-19-13)14-2-1-7-23-14/h1-7,12-13,18-19H,8-9H2,(H,17,20)(H2,16,21,22). The largest absolute Gasteiger partial charge is 0.468 e. The average Bonchev–Trinajstić information content (AvgIpc) is 3.22. The van der Waals surface area contributed by atoms with Crippen LogP contribution in [0.5, 0.6) is 0 Å². The van der Waals surface area contributed by atoms with Crippen molar-refractivity contribution in [1.29, 1.82) is 0 Å². The van der Waals surface area contributed by atoms with E-state index in [4.69, 9.17) is 9.56 Å². The van der Waals surface area contributed by atoms with Crippen molar-refractivity contribution in [3.05, 3.63) is 54.0 Å². The van der Waals surface area contributed by atoms with E-state index in [1.807, 2.05) is 6.07 Å². The van der Waals surface area contributed by atoms with Gasteiger partial charge in [0.25, 0.3) is 0 Å². The van der Waals surface area contributed by atoms with Crippen LogP contribution in [-0.4, -0.2) is 20.4 Å². The molecule has 3 rings (SSSR count). The molecule has 0 aliphatic carbocycles. The third kappa shape index (κ3) is 3.82. The first-order valence-electron chi connectivity index (χ1n) is 7.37. The lowest BCUT2D eigenvalue weighted by molar-refractivity contribution is -0.123. The van der Waals surface area contributed by atoms with E-state index in [0.29, 0.717) is 13.0 Å². The Labute approximate surface area is 139 Å². The molecule has 8 nitrogen and oxygen atoms in total. The molecule has 1 aliphatic rings. The molecule has 2 atom stereocenters. The highest BCUT2D eigenvalue weighted by Crippen LogP contribution is 2.22. The van der Waals surface area contributed by atoms with Gasteiger partial charge in [0, 0.05) is 6.54 Å². The molecule has 1 saturated heterocycles. The summed E-state index contributed by atoms with van der Waals surface area (Å²) in [6.45, 7) is 0.299. The predicted molar refractivity (Wildman–Crippen MR) is 85.8 cm³/mol. The monoisotopic (exact) mass is 350 g/mol. The van der Waals surface area contributed by atoms with Crippen LogP contribution in [0.3, 0.4) is 0 Å². The van der Waals surface area contributed by atoms with Gasteiger partial charge in [-0.2, -0.15) is 0 Å². The molecule has 0 radical (unpaired) electrons. The molecule has 2 unspecified atom stereocenters. The van der Waals surface area contributed by atoms with Crippen LogP contribution in [0.4, 0.5) is 0 Å². The maximum absolute atomic E-state index is 12.2. The normalized spacial score (nSPS) is 20.9. The number of rotatable bonds is 5. The van der Waals surface area contributed by atoms with E-state index < -0.39 is 10.0 Å². The van der Waals surface area contributed by atoms with Gasteiger partial charge in [-0.1, -0.05) is 12.1 Å². The van der Waals surface area contributed by atoms with Crippen LogP contribution in [-0.2, 0) is 21.4 Å². The van der Waals surface area contributed by atoms with Gasteiger partial charge < -0.3 is 9.73 Å². The molecule has 1 aromatic heterocycles.